The number of fused-ring (bicyclic) bond motifs is 2. The van der Waals surface area contributed by atoms with E-state index in [0.29, 0.717) is 52.8 Å². The second-order valence-electron chi connectivity index (χ2n) is 9.91. The van der Waals surface area contributed by atoms with Crippen LogP contribution < -0.4 is 18.9 Å². The number of hydrogen-bond acceptors (Lipinski definition) is 11. The molecule has 0 amide bonds. The molecule has 2 aromatic carbocycles. The molecule has 0 aliphatic carbocycles. The lowest BCUT2D eigenvalue weighted by Crippen LogP contribution is -2.35. The van der Waals surface area contributed by atoms with Crippen molar-refractivity contribution >= 4 is 38.6 Å². The number of ether oxygens (including phenoxy) is 5. The predicted molar refractivity (Wildman–Crippen MR) is 159 cm³/mol. The third-order valence-corrected chi connectivity index (χ3v) is 9.61. The van der Waals surface area contributed by atoms with Crippen molar-refractivity contribution in [2.45, 2.75) is 24.9 Å². The number of benzene rings is 2. The fraction of sp³-hybridized carbons (Fsp3) is 0.300. The minimum absolute atomic E-state index is 0.203. The van der Waals surface area contributed by atoms with Crippen LogP contribution in [-0.2, 0) is 16.8 Å². The molecule has 0 radical (unpaired) electrons. The first-order valence-corrected chi connectivity index (χ1v) is 15.1. The summed E-state index contributed by atoms with van der Waals surface area (Å²) in [4.78, 5) is 10.2. The lowest BCUT2D eigenvalue weighted by Gasteiger charge is -2.36. The van der Waals surface area contributed by atoms with E-state index in [0.717, 1.165) is 40.4 Å². The summed E-state index contributed by atoms with van der Waals surface area (Å²) < 4.78 is 36.3. The van der Waals surface area contributed by atoms with Crippen LogP contribution in [0.2, 0.25) is 0 Å². The van der Waals surface area contributed by atoms with Gasteiger partial charge in [-0.1, -0.05) is 12.1 Å². The van der Waals surface area contributed by atoms with E-state index < -0.39 is 0 Å². The summed E-state index contributed by atoms with van der Waals surface area (Å²) in [7, 11) is 4.89. The molecule has 10 nitrogen and oxygen atoms in total. The molecule has 4 aromatic heterocycles. The van der Waals surface area contributed by atoms with Crippen LogP contribution in [0.4, 0.5) is 0 Å². The van der Waals surface area contributed by atoms with Gasteiger partial charge < -0.3 is 28.1 Å². The Morgan fingerprint density at radius 2 is 1.79 bits per heavy atom. The molecule has 0 bridgehead atoms. The number of nitrogens with zero attached hydrogens (tertiary/aromatic N) is 4. The van der Waals surface area contributed by atoms with Crippen LogP contribution in [0.5, 0.6) is 22.4 Å². The molecular weight excluding hydrogens is 576 g/mol. The highest BCUT2D eigenvalue weighted by molar-refractivity contribution is 7.18. The third kappa shape index (κ3) is 4.65. The van der Waals surface area contributed by atoms with E-state index in [1.165, 1.54) is 16.9 Å². The Morgan fingerprint density at radius 3 is 2.55 bits per heavy atom. The highest BCUT2D eigenvalue weighted by Gasteiger charge is 2.39. The van der Waals surface area contributed by atoms with Gasteiger partial charge in [-0.25, -0.2) is 9.97 Å². The van der Waals surface area contributed by atoms with Gasteiger partial charge in [0.15, 0.2) is 5.76 Å². The van der Waals surface area contributed by atoms with E-state index in [4.69, 9.17) is 33.1 Å². The molecule has 1 aliphatic rings. The molecular formula is C30H28N4O6S2. The third-order valence-electron chi connectivity index (χ3n) is 7.63. The molecule has 0 atom stereocenters. The Balaban J connectivity index is 1.18. The second-order valence-corrected chi connectivity index (χ2v) is 11.7. The summed E-state index contributed by atoms with van der Waals surface area (Å²) in [5, 5.41) is 8.95. The molecule has 0 spiro atoms. The van der Waals surface area contributed by atoms with Gasteiger partial charge in [-0.15, -0.1) is 16.4 Å². The largest absolute Gasteiger partial charge is 0.497 e. The fourth-order valence-electron chi connectivity index (χ4n) is 5.37. The maximum atomic E-state index is 6.36. The zero-order valence-corrected chi connectivity index (χ0v) is 24.9. The number of aromatic nitrogens is 4. The summed E-state index contributed by atoms with van der Waals surface area (Å²) in [5.74, 6) is 2.72. The van der Waals surface area contributed by atoms with Crippen molar-refractivity contribution in [3.8, 4) is 33.9 Å². The minimum atomic E-state index is -0.203. The van der Waals surface area contributed by atoms with Crippen molar-refractivity contribution in [2.75, 3.05) is 34.5 Å². The first-order chi connectivity index (χ1) is 20.6. The van der Waals surface area contributed by atoms with Crippen LogP contribution in [0.3, 0.4) is 0 Å². The van der Waals surface area contributed by atoms with Gasteiger partial charge in [0.1, 0.15) is 40.1 Å². The molecule has 42 heavy (non-hydrogen) atoms. The van der Waals surface area contributed by atoms with E-state index >= 15 is 0 Å². The molecule has 12 heteroatoms. The molecule has 0 saturated carbocycles. The Labute approximate surface area is 249 Å². The van der Waals surface area contributed by atoms with Crippen molar-refractivity contribution in [1.29, 1.82) is 0 Å². The molecule has 0 N–H and O–H groups in total. The van der Waals surface area contributed by atoms with Gasteiger partial charge in [-0.05, 0) is 47.9 Å². The number of thiazole rings is 1. The average Bonchev–Trinajstić information content (AvgIpc) is 3.83. The SMILES string of the molecule is COc1ccc(C2(c3nc(COc4cc(OC)cc5oc(-c6cnc7sc(OC)nn67)cc45)cs3)CCOCC2)cc1. The minimum Gasteiger partial charge on any atom is -0.497 e. The number of furan rings is 1. The predicted octanol–water partition coefficient (Wildman–Crippen LogP) is 6.36. The molecule has 1 fully saturated rings. The summed E-state index contributed by atoms with van der Waals surface area (Å²) in [5.41, 5.74) is 3.23. The van der Waals surface area contributed by atoms with Crippen LogP contribution in [-0.4, -0.2) is 54.1 Å². The lowest BCUT2D eigenvalue weighted by atomic mass is 9.74. The Bertz CT molecular complexity index is 1850. The molecule has 7 rings (SSSR count). The zero-order chi connectivity index (χ0) is 28.7. The summed E-state index contributed by atoms with van der Waals surface area (Å²) in [6.45, 7) is 1.69. The molecule has 216 valence electrons. The molecule has 1 saturated heterocycles. The van der Waals surface area contributed by atoms with Gasteiger partial charge >= 0.3 is 0 Å². The van der Waals surface area contributed by atoms with Gasteiger partial charge in [-0.2, -0.15) is 4.52 Å². The van der Waals surface area contributed by atoms with Crippen LogP contribution in [0.1, 0.15) is 29.1 Å². The summed E-state index contributed by atoms with van der Waals surface area (Å²) in [6.07, 6.45) is 3.47. The highest BCUT2D eigenvalue weighted by Crippen LogP contribution is 2.43. The van der Waals surface area contributed by atoms with Crippen molar-refractivity contribution in [3.05, 3.63) is 70.3 Å². The smallest absolute Gasteiger partial charge is 0.294 e. The van der Waals surface area contributed by atoms with Crippen LogP contribution in [0.15, 0.2) is 58.5 Å². The first-order valence-electron chi connectivity index (χ1n) is 13.4. The van der Waals surface area contributed by atoms with E-state index in [-0.39, 0.29) is 5.41 Å². The summed E-state index contributed by atoms with van der Waals surface area (Å²) in [6, 6.07) is 13.9. The summed E-state index contributed by atoms with van der Waals surface area (Å²) >= 11 is 3.03. The molecule has 1 aliphatic heterocycles. The van der Waals surface area contributed by atoms with Gasteiger partial charge in [-0.3, -0.25) is 0 Å². The fourth-order valence-corrected chi connectivity index (χ4v) is 7.15. The van der Waals surface area contributed by atoms with Crippen molar-refractivity contribution in [1.82, 2.24) is 19.6 Å². The standard InChI is InChI=1S/C30H28N4O6S2/c1-35-20-6-4-18(5-7-20)30(8-10-38-11-9-30)27-32-19(17-41-27)16-39-24-12-21(36-2)13-25-22(24)14-26(40-25)23-15-31-28-34(23)33-29(37-3)42-28/h4-7,12-15,17H,8-11,16H2,1-3H3. The molecule has 6 aromatic rings. The van der Waals surface area contributed by atoms with Gasteiger partial charge in [0.2, 0.25) is 4.96 Å². The zero-order valence-electron chi connectivity index (χ0n) is 23.3. The monoisotopic (exact) mass is 604 g/mol. The quantitative estimate of drug-likeness (QED) is 0.186. The van der Waals surface area contributed by atoms with E-state index in [1.807, 2.05) is 30.3 Å². The Kier molecular flexibility index (Phi) is 6.96. The molecule has 0 unspecified atom stereocenters. The van der Waals surface area contributed by atoms with Crippen LogP contribution in [0, 0.1) is 0 Å². The molecule has 5 heterocycles. The number of hydrogen-bond donors (Lipinski definition) is 0. The lowest BCUT2D eigenvalue weighted by molar-refractivity contribution is 0.0629. The topological polar surface area (TPSA) is 102 Å². The van der Waals surface area contributed by atoms with Gasteiger partial charge in [0.05, 0.1) is 44.0 Å². The van der Waals surface area contributed by atoms with Crippen molar-refractivity contribution in [3.63, 3.8) is 0 Å². The highest BCUT2D eigenvalue weighted by atomic mass is 32.1. The number of imidazole rings is 1. The van der Waals surface area contributed by atoms with Crippen molar-refractivity contribution < 1.29 is 28.1 Å². The van der Waals surface area contributed by atoms with E-state index in [2.05, 4.69) is 27.6 Å². The number of rotatable bonds is 9. The average molecular weight is 605 g/mol. The maximum absolute atomic E-state index is 6.36. The van der Waals surface area contributed by atoms with E-state index in [9.17, 15) is 0 Å². The van der Waals surface area contributed by atoms with Crippen LogP contribution >= 0.6 is 22.7 Å². The normalized spacial score (nSPS) is 14.8. The Morgan fingerprint density at radius 1 is 0.976 bits per heavy atom. The maximum Gasteiger partial charge on any atom is 0.294 e. The Hall–Kier alpha value is -4.13. The van der Waals surface area contributed by atoms with Gasteiger partial charge in [0, 0.05) is 30.7 Å². The van der Waals surface area contributed by atoms with E-state index in [1.54, 1.807) is 43.4 Å². The van der Waals surface area contributed by atoms with Gasteiger partial charge in [0.25, 0.3) is 5.19 Å². The number of methoxy groups -OCH3 is 3. The first kappa shape index (κ1) is 26.7. The van der Waals surface area contributed by atoms with Crippen LogP contribution in [0.25, 0.3) is 27.4 Å². The van der Waals surface area contributed by atoms with Crippen molar-refractivity contribution in [2.24, 2.45) is 0 Å². The second kappa shape index (κ2) is 10.9.